The molecule has 5 nitrogen and oxygen atoms in total. The molecule has 0 aliphatic carbocycles. The van der Waals surface area contributed by atoms with E-state index in [4.69, 9.17) is 4.74 Å². The number of benzene rings is 2. The smallest absolute Gasteiger partial charge is 0.120 e. The zero-order valence-corrected chi connectivity index (χ0v) is 18.4. The lowest BCUT2D eigenvalue weighted by Gasteiger charge is -2.24. The van der Waals surface area contributed by atoms with Crippen molar-refractivity contribution in [1.29, 1.82) is 0 Å². The quantitative estimate of drug-likeness (QED) is 0.350. The van der Waals surface area contributed by atoms with Crippen LogP contribution in [0.25, 0.3) is 0 Å². The largest absolute Gasteiger partial charge is 0.489 e. The minimum Gasteiger partial charge on any atom is -0.489 e. The van der Waals surface area contributed by atoms with E-state index in [0.717, 1.165) is 73.2 Å². The Morgan fingerprint density at radius 1 is 0.900 bits per heavy atom. The van der Waals surface area contributed by atoms with Gasteiger partial charge in [-0.05, 0) is 79.1 Å². The van der Waals surface area contributed by atoms with Crippen LogP contribution in [0.5, 0.6) is 5.75 Å². The summed E-state index contributed by atoms with van der Waals surface area (Å²) in [5.74, 6) is 0.807. The zero-order chi connectivity index (χ0) is 21.8. The van der Waals surface area contributed by atoms with Crippen LogP contribution in [0.2, 0.25) is 0 Å². The average Bonchev–Trinajstić information content (AvgIpc) is 2.79. The van der Waals surface area contributed by atoms with Gasteiger partial charge < -0.3 is 25.4 Å². The molecule has 4 N–H and O–H groups in total. The van der Waals surface area contributed by atoms with Gasteiger partial charge in [-0.2, -0.15) is 0 Å². The van der Waals surface area contributed by atoms with Gasteiger partial charge in [-0.25, -0.2) is 0 Å². The third kappa shape index (κ3) is 7.73. The maximum atomic E-state index is 10.3. The second-order valence-corrected chi connectivity index (χ2v) is 7.92. The normalized spacial score (nSPS) is 11.6. The summed E-state index contributed by atoms with van der Waals surface area (Å²) in [7, 11) is 0. The molecule has 0 amide bonds. The zero-order valence-electron chi connectivity index (χ0n) is 18.4. The maximum Gasteiger partial charge on any atom is 0.120 e. The van der Waals surface area contributed by atoms with E-state index in [1.807, 2.05) is 50.2 Å². The minimum absolute atomic E-state index is 0.0792. The summed E-state index contributed by atoms with van der Waals surface area (Å²) in [5, 5.41) is 32.5. The first-order chi connectivity index (χ1) is 14.5. The van der Waals surface area contributed by atoms with Crippen LogP contribution in [-0.4, -0.2) is 27.5 Å². The molecule has 2 aromatic carbocycles. The molecule has 0 fully saturated rings. The van der Waals surface area contributed by atoms with E-state index in [2.05, 4.69) is 11.4 Å². The molecule has 0 aromatic heterocycles. The lowest BCUT2D eigenvalue weighted by molar-refractivity contribution is 0.0213. The standard InChI is InChI=1S/C25H37NO4/c1-3-25(29,4-2)12-5-6-13-26-16-20-8-7-9-24(15-20)30-19-21-10-11-22(17-27)23(14-21)18-28/h7-11,14-15,26-29H,3-6,12-13,16-19H2,1-2H3. The van der Waals surface area contributed by atoms with E-state index < -0.39 is 5.60 Å². The number of aliphatic hydroxyl groups is 3. The summed E-state index contributed by atoms with van der Waals surface area (Å²) < 4.78 is 5.91. The molecule has 0 saturated heterocycles. The summed E-state index contributed by atoms with van der Waals surface area (Å²) in [5.41, 5.74) is 3.09. The average molecular weight is 416 g/mol. The van der Waals surface area contributed by atoms with Crippen LogP contribution >= 0.6 is 0 Å². The molecule has 5 heteroatoms. The van der Waals surface area contributed by atoms with Crippen LogP contribution in [0.3, 0.4) is 0 Å². The van der Waals surface area contributed by atoms with Gasteiger partial charge >= 0.3 is 0 Å². The second-order valence-electron chi connectivity index (χ2n) is 7.92. The van der Waals surface area contributed by atoms with Crippen molar-refractivity contribution in [1.82, 2.24) is 5.32 Å². The van der Waals surface area contributed by atoms with Crippen LogP contribution < -0.4 is 10.1 Å². The predicted molar refractivity (Wildman–Crippen MR) is 120 cm³/mol. The molecule has 0 radical (unpaired) electrons. The van der Waals surface area contributed by atoms with Gasteiger partial charge in [0.25, 0.3) is 0 Å². The number of ether oxygens (including phenoxy) is 1. The molecule has 0 bridgehead atoms. The van der Waals surface area contributed by atoms with Crippen LogP contribution in [0.4, 0.5) is 0 Å². The highest BCUT2D eigenvalue weighted by molar-refractivity contribution is 5.32. The number of nitrogens with one attached hydrogen (secondary N) is 1. The van der Waals surface area contributed by atoms with E-state index in [-0.39, 0.29) is 13.2 Å². The summed E-state index contributed by atoms with van der Waals surface area (Å²) in [6.45, 7) is 6.04. The fraction of sp³-hybridized carbons (Fsp3) is 0.520. The first kappa shape index (κ1) is 24.4. The Morgan fingerprint density at radius 2 is 1.67 bits per heavy atom. The predicted octanol–water partition coefficient (Wildman–Crippen LogP) is 4.06. The van der Waals surface area contributed by atoms with Crippen LogP contribution in [0.1, 0.15) is 68.2 Å². The number of hydrogen-bond acceptors (Lipinski definition) is 5. The Bertz CT molecular complexity index is 759. The fourth-order valence-corrected chi connectivity index (χ4v) is 3.52. The summed E-state index contributed by atoms with van der Waals surface area (Å²) in [6, 6.07) is 13.6. The third-order valence-corrected chi connectivity index (χ3v) is 5.81. The van der Waals surface area contributed by atoms with E-state index in [0.29, 0.717) is 6.61 Å². The lowest BCUT2D eigenvalue weighted by atomic mass is 9.91. The Morgan fingerprint density at radius 3 is 2.37 bits per heavy atom. The molecular formula is C25H37NO4. The Balaban J connectivity index is 1.76. The highest BCUT2D eigenvalue weighted by Crippen LogP contribution is 2.22. The molecule has 0 aliphatic heterocycles. The van der Waals surface area contributed by atoms with Gasteiger partial charge in [-0.1, -0.05) is 38.1 Å². The molecule has 30 heavy (non-hydrogen) atoms. The maximum absolute atomic E-state index is 10.3. The fourth-order valence-electron chi connectivity index (χ4n) is 3.52. The Labute approximate surface area is 180 Å². The summed E-state index contributed by atoms with van der Waals surface area (Å²) >= 11 is 0. The molecule has 166 valence electrons. The van der Waals surface area contributed by atoms with E-state index >= 15 is 0 Å². The van der Waals surface area contributed by atoms with Gasteiger partial charge in [-0.15, -0.1) is 0 Å². The van der Waals surface area contributed by atoms with Gasteiger partial charge in [0.2, 0.25) is 0 Å². The van der Waals surface area contributed by atoms with Crippen LogP contribution in [-0.2, 0) is 26.4 Å². The lowest BCUT2D eigenvalue weighted by Crippen LogP contribution is -2.26. The highest BCUT2D eigenvalue weighted by Gasteiger charge is 2.20. The van der Waals surface area contributed by atoms with Crippen LogP contribution in [0.15, 0.2) is 42.5 Å². The third-order valence-electron chi connectivity index (χ3n) is 5.81. The molecule has 2 rings (SSSR count). The number of hydrogen-bond donors (Lipinski definition) is 4. The number of aliphatic hydroxyl groups excluding tert-OH is 2. The molecule has 0 atom stereocenters. The highest BCUT2D eigenvalue weighted by atomic mass is 16.5. The molecule has 0 spiro atoms. The van der Waals surface area contributed by atoms with Crippen molar-refractivity contribution < 1.29 is 20.1 Å². The minimum atomic E-state index is -0.498. The first-order valence-corrected chi connectivity index (χ1v) is 11.0. The van der Waals surface area contributed by atoms with Gasteiger partial charge in [0.15, 0.2) is 0 Å². The van der Waals surface area contributed by atoms with Crippen molar-refractivity contribution in [3.63, 3.8) is 0 Å². The summed E-state index contributed by atoms with van der Waals surface area (Å²) in [6.07, 6.45) is 4.57. The van der Waals surface area contributed by atoms with E-state index in [1.165, 1.54) is 0 Å². The second kappa shape index (κ2) is 12.7. The Kier molecular flexibility index (Phi) is 10.3. The molecule has 0 aliphatic rings. The number of rotatable bonds is 14. The molecule has 0 unspecified atom stereocenters. The van der Waals surface area contributed by atoms with Crippen molar-refractivity contribution in [2.45, 2.75) is 77.9 Å². The van der Waals surface area contributed by atoms with Crippen molar-refractivity contribution >= 4 is 0 Å². The van der Waals surface area contributed by atoms with E-state index in [1.54, 1.807) is 0 Å². The van der Waals surface area contributed by atoms with Crippen molar-refractivity contribution in [2.24, 2.45) is 0 Å². The van der Waals surface area contributed by atoms with Crippen molar-refractivity contribution in [3.05, 3.63) is 64.7 Å². The van der Waals surface area contributed by atoms with E-state index in [9.17, 15) is 15.3 Å². The van der Waals surface area contributed by atoms with Crippen molar-refractivity contribution in [3.8, 4) is 5.75 Å². The van der Waals surface area contributed by atoms with Gasteiger partial charge in [0.05, 0.1) is 18.8 Å². The first-order valence-electron chi connectivity index (χ1n) is 11.0. The van der Waals surface area contributed by atoms with Gasteiger partial charge in [-0.3, -0.25) is 0 Å². The monoisotopic (exact) mass is 415 g/mol. The van der Waals surface area contributed by atoms with Crippen molar-refractivity contribution in [2.75, 3.05) is 6.54 Å². The molecule has 2 aromatic rings. The molecular weight excluding hydrogens is 378 g/mol. The Hall–Kier alpha value is -1.92. The SMILES string of the molecule is CCC(O)(CC)CCCCNCc1cccc(OCc2ccc(CO)c(CO)c2)c1. The molecule has 0 saturated carbocycles. The summed E-state index contributed by atoms with van der Waals surface area (Å²) in [4.78, 5) is 0. The number of unbranched alkanes of at least 4 members (excludes halogenated alkanes) is 1. The van der Waals surface area contributed by atoms with Gasteiger partial charge in [0.1, 0.15) is 12.4 Å². The van der Waals surface area contributed by atoms with Crippen LogP contribution in [0, 0.1) is 0 Å². The topological polar surface area (TPSA) is 82.0 Å². The molecule has 0 heterocycles. The van der Waals surface area contributed by atoms with Gasteiger partial charge in [0, 0.05) is 6.54 Å².